The van der Waals surface area contributed by atoms with E-state index in [-0.39, 0.29) is 0 Å². The molecule has 0 saturated carbocycles. The molecule has 0 amide bonds. The highest BCUT2D eigenvalue weighted by molar-refractivity contribution is 7.12. The fourth-order valence-corrected chi connectivity index (χ4v) is 3.48. The van der Waals surface area contributed by atoms with Crippen molar-refractivity contribution in [2.24, 2.45) is 0 Å². The van der Waals surface area contributed by atoms with Crippen LogP contribution in [-0.2, 0) is 12.8 Å². The zero-order chi connectivity index (χ0) is 15.1. The summed E-state index contributed by atoms with van der Waals surface area (Å²) in [5, 5.41) is 3.68. The standard InChI is InChI=1S/C18H25NOS/c1-4-12-19-16(18-11-10-15(5-2)21-18)13-14-8-6-7-9-17(14)20-3/h6-11,16,19H,4-5,12-13H2,1-3H3. The van der Waals surface area contributed by atoms with Crippen molar-refractivity contribution in [3.63, 3.8) is 0 Å². The number of thiophene rings is 1. The van der Waals surface area contributed by atoms with E-state index in [0.29, 0.717) is 6.04 Å². The number of para-hydroxylation sites is 1. The first-order valence-electron chi connectivity index (χ1n) is 7.72. The van der Waals surface area contributed by atoms with E-state index in [4.69, 9.17) is 4.74 Å². The van der Waals surface area contributed by atoms with Gasteiger partial charge in [-0.3, -0.25) is 0 Å². The Balaban J connectivity index is 2.19. The molecule has 1 aromatic carbocycles. The first kappa shape index (κ1) is 16.1. The molecule has 1 heterocycles. The number of ether oxygens (including phenoxy) is 1. The minimum absolute atomic E-state index is 0.367. The fraction of sp³-hybridized carbons (Fsp3) is 0.444. The third-order valence-electron chi connectivity index (χ3n) is 3.63. The van der Waals surface area contributed by atoms with Crippen LogP contribution in [0.1, 0.15) is 41.6 Å². The third-order valence-corrected chi connectivity index (χ3v) is 4.97. The predicted molar refractivity (Wildman–Crippen MR) is 91.4 cm³/mol. The van der Waals surface area contributed by atoms with E-state index in [9.17, 15) is 0 Å². The third kappa shape index (κ3) is 4.32. The molecule has 0 spiro atoms. The summed E-state index contributed by atoms with van der Waals surface area (Å²) in [6.07, 6.45) is 3.22. The predicted octanol–water partition coefficient (Wildman–Crippen LogP) is 4.60. The lowest BCUT2D eigenvalue weighted by molar-refractivity contribution is 0.405. The average Bonchev–Trinajstić information content (AvgIpc) is 3.00. The van der Waals surface area contributed by atoms with E-state index in [2.05, 4.69) is 43.4 Å². The molecule has 3 heteroatoms. The minimum Gasteiger partial charge on any atom is -0.496 e. The maximum absolute atomic E-state index is 5.49. The van der Waals surface area contributed by atoms with Gasteiger partial charge in [-0.2, -0.15) is 0 Å². The Morgan fingerprint density at radius 3 is 2.62 bits per heavy atom. The molecule has 0 aliphatic rings. The van der Waals surface area contributed by atoms with Crippen molar-refractivity contribution in [2.45, 2.75) is 39.2 Å². The van der Waals surface area contributed by atoms with E-state index < -0.39 is 0 Å². The lowest BCUT2D eigenvalue weighted by Gasteiger charge is -2.19. The summed E-state index contributed by atoms with van der Waals surface area (Å²) in [5.41, 5.74) is 1.26. The highest BCUT2D eigenvalue weighted by Crippen LogP contribution is 2.29. The SMILES string of the molecule is CCCNC(Cc1ccccc1OC)c1ccc(CC)s1. The maximum atomic E-state index is 5.49. The number of hydrogen-bond acceptors (Lipinski definition) is 3. The van der Waals surface area contributed by atoms with Gasteiger partial charge in [-0.15, -0.1) is 11.3 Å². The summed E-state index contributed by atoms with van der Waals surface area (Å²) in [6.45, 7) is 5.46. The van der Waals surface area contributed by atoms with Gasteiger partial charge >= 0.3 is 0 Å². The Kier molecular flexibility index (Phi) is 6.27. The molecule has 1 aromatic heterocycles. The number of hydrogen-bond donors (Lipinski definition) is 1. The molecule has 0 saturated heterocycles. The smallest absolute Gasteiger partial charge is 0.122 e. The van der Waals surface area contributed by atoms with Gasteiger partial charge in [0.05, 0.1) is 7.11 Å². The first-order valence-corrected chi connectivity index (χ1v) is 8.54. The van der Waals surface area contributed by atoms with E-state index in [1.54, 1.807) is 7.11 Å². The summed E-state index contributed by atoms with van der Waals surface area (Å²) in [7, 11) is 1.74. The van der Waals surface area contributed by atoms with Crippen LogP contribution in [-0.4, -0.2) is 13.7 Å². The van der Waals surface area contributed by atoms with E-state index >= 15 is 0 Å². The first-order chi connectivity index (χ1) is 10.3. The fourth-order valence-electron chi connectivity index (χ4n) is 2.46. The molecule has 0 aliphatic carbocycles. The molecule has 0 aliphatic heterocycles. The molecular formula is C18H25NOS. The van der Waals surface area contributed by atoms with Gasteiger partial charge in [-0.25, -0.2) is 0 Å². The Morgan fingerprint density at radius 2 is 1.95 bits per heavy atom. The van der Waals surface area contributed by atoms with Gasteiger partial charge in [0.15, 0.2) is 0 Å². The number of rotatable bonds is 8. The van der Waals surface area contributed by atoms with Gasteiger partial charge in [0.25, 0.3) is 0 Å². The number of aryl methyl sites for hydroxylation is 1. The van der Waals surface area contributed by atoms with Crippen molar-refractivity contribution in [1.29, 1.82) is 0 Å². The molecule has 2 rings (SSSR count). The second-order valence-electron chi connectivity index (χ2n) is 5.18. The molecule has 0 radical (unpaired) electrons. The van der Waals surface area contributed by atoms with Crippen molar-refractivity contribution >= 4 is 11.3 Å². The van der Waals surface area contributed by atoms with Gasteiger partial charge in [-0.05, 0) is 49.6 Å². The average molecular weight is 303 g/mol. The van der Waals surface area contributed by atoms with Crippen LogP contribution >= 0.6 is 11.3 Å². The van der Waals surface area contributed by atoms with Crippen molar-refractivity contribution in [2.75, 3.05) is 13.7 Å². The molecule has 0 fully saturated rings. The van der Waals surface area contributed by atoms with Crippen molar-refractivity contribution in [1.82, 2.24) is 5.32 Å². The highest BCUT2D eigenvalue weighted by atomic mass is 32.1. The summed E-state index contributed by atoms with van der Waals surface area (Å²) < 4.78 is 5.49. The van der Waals surface area contributed by atoms with Crippen LogP contribution in [0.2, 0.25) is 0 Å². The minimum atomic E-state index is 0.367. The lowest BCUT2D eigenvalue weighted by Crippen LogP contribution is -2.23. The Hall–Kier alpha value is -1.32. The summed E-state index contributed by atoms with van der Waals surface area (Å²) >= 11 is 1.92. The maximum Gasteiger partial charge on any atom is 0.122 e. The number of methoxy groups -OCH3 is 1. The van der Waals surface area contributed by atoms with Crippen LogP contribution in [0.4, 0.5) is 0 Å². The normalized spacial score (nSPS) is 12.3. The van der Waals surface area contributed by atoms with E-state index in [1.807, 2.05) is 23.5 Å². The zero-order valence-electron chi connectivity index (χ0n) is 13.2. The summed E-state index contributed by atoms with van der Waals surface area (Å²) in [5.74, 6) is 0.980. The summed E-state index contributed by atoms with van der Waals surface area (Å²) in [4.78, 5) is 2.87. The van der Waals surface area contributed by atoms with Gasteiger partial charge in [0.1, 0.15) is 5.75 Å². The molecule has 0 bridgehead atoms. The Morgan fingerprint density at radius 1 is 1.14 bits per heavy atom. The molecular weight excluding hydrogens is 278 g/mol. The van der Waals surface area contributed by atoms with Crippen LogP contribution in [0.3, 0.4) is 0 Å². The van der Waals surface area contributed by atoms with Gasteiger partial charge in [0.2, 0.25) is 0 Å². The quantitative estimate of drug-likeness (QED) is 0.769. The van der Waals surface area contributed by atoms with Gasteiger partial charge in [0, 0.05) is 15.8 Å². The van der Waals surface area contributed by atoms with Gasteiger partial charge < -0.3 is 10.1 Å². The zero-order valence-corrected chi connectivity index (χ0v) is 14.0. The van der Waals surface area contributed by atoms with Crippen LogP contribution < -0.4 is 10.1 Å². The molecule has 1 N–H and O–H groups in total. The van der Waals surface area contributed by atoms with Crippen LogP contribution in [0, 0.1) is 0 Å². The number of benzene rings is 1. The number of nitrogens with one attached hydrogen (secondary N) is 1. The molecule has 2 aromatic rings. The molecule has 114 valence electrons. The molecule has 1 unspecified atom stereocenters. The van der Waals surface area contributed by atoms with E-state index in [1.165, 1.54) is 15.3 Å². The van der Waals surface area contributed by atoms with Crippen molar-refractivity contribution < 1.29 is 4.74 Å². The Bertz CT molecular complexity index is 550. The topological polar surface area (TPSA) is 21.3 Å². The Labute approximate surface area is 132 Å². The van der Waals surface area contributed by atoms with Crippen LogP contribution in [0.15, 0.2) is 36.4 Å². The van der Waals surface area contributed by atoms with Crippen molar-refractivity contribution in [3.05, 3.63) is 51.7 Å². The van der Waals surface area contributed by atoms with Crippen LogP contribution in [0.5, 0.6) is 5.75 Å². The second kappa shape index (κ2) is 8.20. The largest absolute Gasteiger partial charge is 0.496 e. The van der Waals surface area contributed by atoms with E-state index in [0.717, 1.165) is 31.6 Å². The molecule has 1 atom stereocenters. The second-order valence-corrected chi connectivity index (χ2v) is 6.38. The lowest BCUT2D eigenvalue weighted by atomic mass is 10.0. The highest BCUT2D eigenvalue weighted by Gasteiger charge is 2.15. The molecule has 21 heavy (non-hydrogen) atoms. The monoisotopic (exact) mass is 303 g/mol. The van der Waals surface area contributed by atoms with Crippen molar-refractivity contribution in [3.8, 4) is 5.75 Å². The van der Waals surface area contributed by atoms with Gasteiger partial charge in [-0.1, -0.05) is 32.0 Å². The summed E-state index contributed by atoms with van der Waals surface area (Å²) in [6, 6.07) is 13.2. The molecule has 2 nitrogen and oxygen atoms in total. The van der Waals surface area contributed by atoms with Crippen LogP contribution in [0.25, 0.3) is 0 Å².